The minimum absolute atomic E-state index is 0.0148. The molecule has 5 atom stereocenters. The Morgan fingerprint density at radius 3 is 2.48 bits per heavy atom. The Hall–Kier alpha value is -2.77. The second-order valence-electron chi connectivity index (χ2n) is 7.92. The van der Waals surface area contributed by atoms with Crippen LogP contribution < -0.4 is 10.5 Å². The normalized spacial score (nSPS) is 23.2. The second kappa shape index (κ2) is 11.2. The largest absolute Gasteiger partial charge is 0.573 e. The summed E-state index contributed by atoms with van der Waals surface area (Å²) in [6, 6.07) is 3.70. The number of benzene rings is 1. The van der Waals surface area contributed by atoms with E-state index in [1.807, 2.05) is 0 Å². The van der Waals surface area contributed by atoms with Gasteiger partial charge in [-0.15, -0.1) is 13.2 Å². The summed E-state index contributed by atoms with van der Waals surface area (Å²) in [6.07, 6.45) is -8.92. The number of esters is 1. The molecule has 16 nitrogen and oxygen atoms in total. The summed E-state index contributed by atoms with van der Waals surface area (Å²) in [5.74, 6) is -1.72. The minimum atomic E-state index is -5.14. The fourth-order valence-corrected chi connectivity index (χ4v) is 5.93. The van der Waals surface area contributed by atoms with Crippen LogP contribution in [0.4, 0.5) is 19.0 Å². The molecule has 1 unspecified atom stereocenters. The molecule has 0 spiro atoms. The van der Waals surface area contributed by atoms with E-state index in [1.54, 1.807) is 0 Å². The average molecular weight is 631 g/mol. The molecule has 4 rings (SSSR count). The number of phosphoric ester groups is 1. The number of aliphatic hydroxyl groups excluding tert-OH is 1. The van der Waals surface area contributed by atoms with Gasteiger partial charge in [0, 0.05) is 0 Å². The van der Waals surface area contributed by atoms with Gasteiger partial charge < -0.3 is 39.7 Å². The molecule has 0 radical (unpaired) electrons. The predicted molar refractivity (Wildman–Crippen MR) is 128 cm³/mol. The average Bonchev–Trinajstić information content (AvgIpc) is 3.38. The zero-order valence-electron chi connectivity index (χ0n) is 19.4. The molecule has 22 heteroatoms. The molecule has 6 N–H and O–H groups in total. The number of fused-ring (bicyclic) bond motifs is 1. The van der Waals surface area contributed by atoms with Crippen molar-refractivity contribution >= 4 is 49.3 Å². The fraction of sp³-hybridized carbons (Fsp3) is 0.333. The summed E-state index contributed by atoms with van der Waals surface area (Å²) in [5.41, 5.74) is 5.76. The fourth-order valence-electron chi connectivity index (χ4n) is 3.57. The van der Waals surface area contributed by atoms with Gasteiger partial charge in [-0.05, 0) is 36.1 Å². The van der Waals surface area contributed by atoms with Crippen molar-refractivity contribution in [2.24, 2.45) is 0 Å². The molecule has 1 saturated heterocycles. The van der Waals surface area contributed by atoms with Gasteiger partial charge in [0.15, 0.2) is 23.8 Å². The van der Waals surface area contributed by atoms with Crippen LogP contribution in [0.2, 0.25) is 0 Å². The molecule has 218 valence electrons. The number of aliphatic hydroxyl groups is 1. The lowest BCUT2D eigenvalue weighted by molar-refractivity contribution is -0.274. The molecule has 1 fully saturated rings. The first-order chi connectivity index (χ1) is 18.5. The molecule has 0 amide bonds. The lowest BCUT2D eigenvalue weighted by Crippen LogP contribution is -2.37. The number of hydrogen-bond donors (Lipinski definition) is 5. The van der Waals surface area contributed by atoms with E-state index in [1.165, 1.54) is 10.9 Å². The zero-order valence-corrected chi connectivity index (χ0v) is 22.0. The highest BCUT2D eigenvalue weighted by Gasteiger charge is 2.49. The smallest absolute Gasteiger partial charge is 0.451 e. The first-order valence-electron chi connectivity index (χ1n) is 10.6. The highest BCUT2D eigenvalue weighted by atomic mass is 32.5. The molecule has 40 heavy (non-hydrogen) atoms. The Bertz CT molecular complexity index is 1490. The molecular formula is C18H18F3N5O11P2S. The van der Waals surface area contributed by atoms with E-state index in [9.17, 15) is 32.5 Å². The number of rotatable bonds is 9. The van der Waals surface area contributed by atoms with E-state index >= 15 is 0 Å². The van der Waals surface area contributed by atoms with Crippen LogP contribution in [0.1, 0.15) is 16.6 Å². The Morgan fingerprint density at radius 1 is 1.18 bits per heavy atom. The first-order valence-corrected chi connectivity index (χ1v) is 14.7. The van der Waals surface area contributed by atoms with E-state index in [2.05, 4.69) is 40.3 Å². The number of aromatic nitrogens is 4. The maximum absolute atomic E-state index is 12.8. The van der Waals surface area contributed by atoms with Gasteiger partial charge in [0.2, 0.25) is 0 Å². The van der Waals surface area contributed by atoms with Crippen molar-refractivity contribution in [3.05, 3.63) is 42.5 Å². The standard InChI is InChI=1S/C18H18F3N5O11P2S/c19-18(20,21)36-9-3-1-8(2-4-9)17(28)35-13-12(27)10(5-33-38(29,30)37-39(31,32)40)34-16(13)26-7-25-11-14(22)23-6-24-15(11)26/h1-4,6-7,10,12-13,16,27H,5H2,(H,29,30)(H2,22,23,24)(H2,31,32,40)/t10-,12-,13-,16-/m1/s1. The predicted octanol–water partition coefficient (Wildman–Crippen LogP) is 1.13. The number of anilines is 1. The van der Waals surface area contributed by atoms with E-state index in [0.717, 1.165) is 30.6 Å². The SMILES string of the molecule is Nc1ncnc2c1ncn2[C@@H]1O[C@H](COP(=O)(O)OP(O)(O)=S)[C@@H](O)[C@H]1OC(=O)c1ccc(OC(F)(F)F)cc1. The highest BCUT2D eigenvalue weighted by Crippen LogP contribution is 2.58. The lowest BCUT2D eigenvalue weighted by Gasteiger charge is -2.22. The van der Waals surface area contributed by atoms with Gasteiger partial charge in [0.1, 0.15) is 29.8 Å². The molecule has 1 aliphatic rings. The highest BCUT2D eigenvalue weighted by molar-refractivity contribution is 8.08. The van der Waals surface area contributed by atoms with Gasteiger partial charge in [0.25, 0.3) is 0 Å². The van der Waals surface area contributed by atoms with Gasteiger partial charge in [-0.3, -0.25) is 9.09 Å². The van der Waals surface area contributed by atoms with Gasteiger partial charge in [-0.1, -0.05) is 0 Å². The number of alkyl halides is 3. The molecule has 3 heterocycles. The summed E-state index contributed by atoms with van der Waals surface area (Å²) in [4.78, 5) is 52.6. The Balaban J connectivity index is 1.59. The number of ether oxygens (including phenoxy) is 3. The molecule has 0 aliphatic carbocycles. The molecule has 2 aromatic heterocycles. The molecule has 3 aromatic rings. The zero-order chi connectivity index (χ0) is 29.5. The number of nitrogens with two attached hydrogens (primary N) is 1. The van der Waals surface area contributed by atoms with Crippen molar-refractivity contribution in [1.82, 2.24) is 19.5 Å². The van der Waals surface area contributed by atoms with Crippen molar-refractivity contribution in [2.75, 3.05) is 12.3 Å². The summed E-state index contributed by atoms with van der Waals surface area (Å²) < 4.78 is 74.0. The quantitative estimate of drug-likeness (QED) is 0.165. The van der Waals surface area contributed by atoms with E-state index in [4.69, 9.17) is 25.0 Å². The van der Waals surface area contributed by atoms with Gasteiger partial charge in [-0.25, -0.2) is 28.6 Å². The number of phosphoric acid groups is 1. The monoisotopic (exact) mass is 631 g/mol. The van der Waals surface area contributed by atoms with Crippen LogP contribution >= 0.6 is 14.5 Å². The van der Waals surface area contributed by atoms with Gasteiger partial charge >= 0.3 is 26.9 Å². The summed E-state index contributed by atoms with van der Waals surface area (Å²) >= 11 is 4.13. The van der Waals surface area contributed by atoms with Crippen molar-refractivity contribution in [2.45, 2.75) is 30.9 Å². The van der Waals surface area contributed by atoms with Crippen LogP contribution in [0, 0.1) is 0 Å². The number of carbonyl (C=O) groups is 1. The van der Waals surface area contributed by atoms with E-state index in [0.29, 0.717) is 0 Å². The van der Waals surface area contributed by atoms with Crippen LogP contribution in [0.15, 0.2) is 36.9 Å². The maximum atomic E-state index is 12.8. The second-order valence-corrected chi connectivity index (χ2v) is 12.2. The van der Waals surface area contributed by atoms with Crippen molar-refractivity contribution in [1.29, 1.82) is 0 Å². The van der Waals surface area contributed by atoms with E-state index in [-0.39, 0.29) is 22.5 Å². The third-order valence-electron chi connectivity index (χ3n) is 5.15. The van der Waals surface area contributed by atoms with E-state index < -0.39 is 63.8 Å². The van der Waals surface area contributed by atoms with Crippen LogP contribution in [0.3, 0.4) is 0 Å². The van der Waals surface area contributed by atoms with Crippen LogP contribution in [0.5, 0.6) is 5.75 Å². The number of nitrogen functional groups attached to an aromatic ring is 1. The maximum Gasteiger partial charge on any atom is 0.573 e. The topological polar surface area (TPSA) is 231 Å². The van der Waals surface area contributed by atoms with Gasteiger partial charge in [-0.2, -0.15) is 0 Å². The Morgan fingerprint density at radius 2 is 1.85 bits per heavy atom. The summed E-state index contributed by atoms with van der Waals surface area (Å²) in [6.45, 7) is -5.52. The van der Waals surface area contributed by atoms with Crippen LogP contribution in [-0.2, 0) is 34.7 Å². The molecular weight excluding hydrogens is 613 g/mol. The molecule has 1 aromatic carbocycles. The third-order valence-corrected chi connectivity index (χ3v) is 7.90. The summed E-state index contributed by atoms with van der Waals surface area (Å²) in [7, 11) is -5.14. The number of halogens is 3. The Kier molecular flexibility index (Phi) is 8.49. The van der Waals surface area contributed by atoms with Crippen LogP contribution in [0.25, 0.3) is 11.2 Å². The first kappa shape index (κ1) is 30.2. The number of hydrogen-bond acceptors (Lipinski definition) is 13. The van der Waals surface area contributed by atoms with Crippen molar-refractivity contribution < 1.29 is 65.4 Å². The molecule has 0 bridgehead atoms. The summed E-state index contributed by atoms with van der Waals surface area (Å²) in [5, 5.41) is 10.9. The van der Waals surface area contributed by atoms with Gasteiger partial charge in [0.05, 0.1) is 18.5 Å². The Labute approximate surface area is 225 Å². The molecule has 0 saturated carbocycles. The minimum Gasteiger partial charge on any atom is -0.451 e. The number of nitrogens with zero attached hydrogens (tertiary/aromatic N) is 4. The number of carbonyl (C=O) groups excluding carboxylic acids is 1. The van der Waals surface area contributed by atoms with Crippen LogP contribution in [-0.4, -0.2) is 76.6 Å². The van der Waals surface area contributed by atoms with Crippen molar-refractivity contribution in [3.63, 3.8) is 0 Å². The lowest BCUT2D eigenvalue weighted by atomic mass is 10.1. The van der Waals surface area contributed by atoms with Crippen molar-refractivity contribution in [3.8, 4) is 5.75 Å². The number of imidazole rings is 1. The molecule has 1 aliphatic heterocycles. The third kappa shape index (κ3) is 7.29.